The van der Waals surface area contributed by atoms with Gasteiger partial charge in [-0.2, -0.15) is 0 Å². The Morgan fingerprint density at radius 1 is 1.21 bits per heavy atom. The minimum absolute atomic E-state index is 0.171. The van der Waals surface area contributed by atoms with Crippen molar-refractivity contribution < 1.29 is 19.4 Å². The standard InChI is InChI=1S/C22H22ClN7O4/c1-30(18(32)11-31)8-9-33-22-19-20(25-13-26-21(19)28-29-22)27-14-5-6-17(16(23)10-14)34-12-15-4-2-3-7-24-15/h2-7,10,13,31H,8-9,11-12H2,1H3,(H2,25,26,27,28,29). The number of fused-ring (bicyclic) bond motifs is 1. The number of halogens is 1. The molecule has 0 saturated carbocycles. The summed E-state index contributed by atoms with van der Waals surface area (Å²) in [6.45, 7) is 0.193. The second kappa shape index (κ2) is 10.8. The Balaban J connectivity index is 1.46. The van der Waals surface area contributed by atoms with Gasteiger partial charge in [0, 0.05) is 18.9 Å². The number of amides is 1. The number of pyridine rings is 1. The molecule has 4 rings (SSSR count). The Labute approximate surface area is 199 Å². The molecule has 0 radical (unpaired) electrons. The predicted octanol–water partition coefficient (Wildman–Crippen LogP) is 2.55. The summed E-state index contributed by atoms with van der Waals surface area (Å²) >= 11 is 6.41. The molecule has 3 heterocycles. The van der Waals surface area contributed by atoms with E-state index in [1.807, 2.05) is 24.3 Å². The van der Waals surface area contributed by atoms with Crippen LogP contribution in [-0.4, -0.2) is 67.9 Å². The number of anilines is 2. The average Bonchev–Trinajstić information content (AvgIpc) is 3.27. The maximum Gasteiger partial charge on any atom is 0.248 e. The highest BCUT2D eigenvalue weighted by Crippen LogP contribution is 2.33. The normalized spacial score (nSPS) is 10.8. The molecule has 4 aromatic rings. The number of H-pyrrole nitrogens is 1. The van der Waals surface area contributed by atoms with Crippen LogP contribution in [0.2, 0.25) is 5.02 Å². The number of aliphatic hydroxyl groups is 1. The van der Waals surface area contributed by atoms with Gasteiger partial charge >= 0.3 is 0 Å². The van der Waals surface area contributed by atoms with Gasteiger partial charge in [-0.15, -0.1) is 5.10 Å². The topological polar surface area (TPSA) is 138 Å². The number of aromatic nitrogens is 5. The van der Waals surface area contributed by atoms with E-state index < -0.39 is 12.5 Å². The van der Waals surface area contributed by atoms with Crippen molar-refractivity contribution in [2.75, 3.05) is 32.1 Å². The average molecular weight is 484 g/mol. The molecule has 34 heavy (non-hydrogen) atoms. The van der Waals surface area contributed by atoms with E-state index in [1.54, 1.807) is 25.4 Å². The Morgan fingerprint density at radius 3 is 2.85 bits per heavy atom. The van der Waals surface area contributed by atoms with Gasteiger partial charge in [-0.05, 0) is 30.3 Å². The Kier molecular flexibility index (Phi) is 7.35. The van der Waals surface area contributed by atoms with Gasteiger partial charge in [0.05, 0.1) is 17.3 Å². The highest BCUT2D eigenvalue weighted by molar-refractivity contribution is 6.32. The van der Waals surface area contributed by atoms with Crippen LogP contribution in [-0.2, 0) is 11.4 Å². The zero-order valence-electron chi connectivity index (χ0n) is 18.2. The summed E-state index contributed by atoms with van der Waals surface area (Å²) < 4.78 is 11.5. The minimum Gasteiger partial charge on any atom is -0.486 e. The largest absolute Gasteiger partial charge is 0.486 e. The third-order valence-electron chi connectivity index (χ3n) is 4.85. The van der Waals surface area contributed by atoms with Gasteiger partial charge in [-0.1, -0.05) is 17.7 Å². The number of aromatic amines is 1. The van der Waals surface area contributed by atoms with E-state index in [9.17, 15) is 4.79 Å². The third-order valence-corrected chi connectivity index (χ3v) is 5.14. The zero-order chi connectivity index (χ0) is 23.9. The highest BCUT2D eigenvalue weighted by Gasteiger charge is 2.16. The molecule has 11 nitrogen and oxygen atoms in total. The fourth-order valence-electron chi connectivity index (χ4n) is 3.02. The zero-order valence-corrected chi connectivity index (χ0v) is 19.0. The van der Waals surface area contributed by atoms with Crippen LogP contribution in [0.25, 0.3) is 11.0 Å². The molecule has 0 aliphatic carbocycles. The van der Waals surface area contributed by atoms with Crippen molar-refractivity contribution in [1.82, 2.24) is 30.0 Å². The van der Waals surface area contributed by atoms with E-state index in [0.29, 0.717) is 39.9 Å². The molecule has 0 aliphatic heterocycles. The van der Waals surface area contributed by atoms with E-state index in [2.05, 4.69) is 30.5 Å². The number of ether oxygens (including phenoxy) is 2. The van der Waals surface area contributed by atoms with Crippen LogP contribution in [0.15, 0.2) is 48.9 Å². The summed E-state index contributed by atoms with van der Waals surface area (Å²) in [5.74, 6) is 0.876. The maximum atomic E-state index is 11.5. The molecule has 176 valence electrons. The first-order valence-electron chi connectivity index (χ1n) is 10.3. The van der Waals surface area contributed by atoms with Gasteiger partial charge in [0.1, 0.15) is 43.1 Å². The molecule has 0 unspecified atom stereocenters. The number of hydrogen-bond acceptors (Lipinski definition) is 9. The van der Waals surface area contributed by atoms with Gasteiger partial charge in [-0.25, -0.2) is 9.97 Å². The summed E-state index contributed by atoms with van der Waals surface area (Å²) in [6, 6.07) is 10.9. The van der Waals surface area contributed by atoms with Crippen molar-refractivity contribution in [1.29, 1.82) is 0 Å². The summed E-state index contributed by atoms with van der Waals surface area (Å²) in [7, 11) is 1.58. The molecule has 0 atom stereocenters. The van der Waals surface area contributed by atoms with E-state index in [4.69, 9.17) is 26.2 Å². The summed E-state index contributed by atoms with van der Waals surface area (Å²) in [6.07, 6.45) is 3.10. The van der Waals surface area contributed by atoms with Crippen LogP contribution >= 0.6 is 11.6 Å². The summed E-state index contributed by atoms with van der Waals surface area (Å²) in [4.78, 5) is 25.6. The number of nitrogens with one attached hydrogen (secondary N) is 2. The Bertz CT molecular complexity index is 1270. The number of rotatable bonds is 10. The number of benzene rings is 1. The Hall–Kier alpha value is -3.96. The first-order chi connectivity index (χ1) is 16.5. The van der Waals surface area contributed by atoms with Gasteiger partial charge in [0.15, 0.2) is 5.65 Å². The van der Waals surface area contributed by atoms with Crippen molar-refractivity contribution in [3.63, 3.8) is 0 Å². The molecule has 3 N–H and O–H groups in total. The first kappa shape index (κ1) is 23.2. The monoisotopic (exact) mass is 483 g/mol. The van der Waals surface area contributed by atoms with Crippen molar-refractivity contribution in [3.8, 4) is 11.6 Å². The van der Waals surface area contributed by atoms with Gasteiger partial charge in [0.25, 0.3) is 0 Å². The van der Waals surface area contributed by atoms with Gasteiger partial charge in [0.2, 0.25) is 11.8 Å². The van der Waals surface area contributed by atoms with Crippen LogP contribution in [0.4, 0.5) is 11.5 Å². The van der Waals surface area contributed by atoms with E-state index in [1.165, 1.54) is 11.2 Å². The molecule has 1 amide bonds. The minimum atomic E-state index is -0.556. The van der Waals surface area contributed by atoms with E-state index >= 15 is 0 Å². The lowest BCUT2D eigenvalue weighted by Gasteiger charge is -2.15. The summed E-state index contributed by atoms with van der Waals surface area (Å²) in [5.41, 5.74) is 1.95. The van der Waals surface area contributed by atoms with Crippen molar-refractivity contribution in [2.24, 2.45) is 0 Å². The predicted molar refractivity (Wildman–Crippen MR) is 125 cm³/mol. The number of hydrogen-bond donors (Lipinski definition) is 3. The quantitative estimate of drug-likeness (QED) is 0.310. The lowest BCUT2D eigenvalue weighted by Crippen LogP contribution is -2.32. The van der Waals surface area contributed by atoms with Crippen LogP contribution < -0.4 is 14.8 Å². The molecular formula is C22H22ClN7O4. The van der Waals surface area contributed by atoms with E-state index in [0.717, 1.165) is 5.69 Å². The lowest BCUT2D eigenvalue weighted by molar-refractivity contribution is -0.133. The molecule has 3 aromatic heterocycles. The molecule has 0 fully saturated rings. The molecule has 0 bridgehead atoms. The van der Waals surface area contributed by atoms with Crippen LogP contribution in [0, 0.1) is 0 Å². The SMILES string of the molecule is CN(CCOc1n[nH]c2ncnc(Nc3ccc(OCc4ccccn4)c(Cl)c3)c12)C(=O)CO. The fourth-order valence-corrected chi connectivity index (χ4v) is 3.26. The fraction of sp³-hybridized carbons (Fsp3) is 0.227. The van der Waals surface area contributed by atoms with Gasteiger partial charge < -0.3 is 24.8 Å². The number of aliphatic hydroxyl groups excluding tert-OH is 1. The lowest BCUT2D eigenvalue weighted by atomic mass is 10.3. The molecule has 1 aromatic carbocycles. The molecule has 0 spiro atoms. The van der Waals surface area contributed by atoms with Gasteiger partial charge in [-0.3, -0.25) is 14.9 Å². The van der Waals surface area contributed by atoms with Crippen LogP contribution in [0.3, 0.4) is 0 Å². The first-order valence-corrected chi connectivity index (χ1v) is 10.7. The smallest absolute Gasteiger partial charge is 0.248 e. The maximum absolute atomic E-state index is 11.5. The number of carbonyl (C=O) groups excluding carboxylic acids is 1. The third kappa shape index (κ3) is 5.50. The molecular weight excluding hydrogens is 462 g/mol. The van der Waals surface area contributed by atoms with E-state index in [-0.39, 0.29) is 19.0 Å². The van der Waals surface area contributed by atoms with Crippen molar-refractivity contribution in [2.45, 2.75) is 6.61 Å². The molecule has 0 saturated heterocycles. The second-order valence-electron chi connectivity index (χ2n) is 7.18. The van der Waals surface area contributed by atoms with Crippen molar-refractivity contribution >= 4 is 40.0 Å². The highest BCUT2D eigenvalue weighted by atomic mass is 35.5. The number of likely N-dealkylation sites (N-methyl/N-ethyl adjacent to an activating group) is 1. The second-order valence-corrected chi connectivity index (χ2v) is 7.58. The summed E-state index contributed by atoms with van der Waals surface area (Å²) in [5, 5.41) is 20.1. The van der Waals surface area contributed by atoms with Crippen molar-refractivity contribution in [3.05, 3.63) is 59.6 Å². The molecule has 0 aliphatic rings. The van der Waals surface area contributed by atoms with Crippen LogP contribution in [0.1, 0.15) is 5.69 Å². The van der Waals surface area contributed by atoms with Crippen LogP contribution in [0.5, 0.6) is 11.6 Å². The Morgan fingerprint density at radius 2 is 2.09 bits per heavy atom. The number of carbonyl (C=O) groups is 1. The number of nitrogens with zero attached hydrogens (tertiary/aromatic N) is 5. The molecule has 12 heteroatoms.